The highest BCUT2D eigenvalue weighted by atomic mass is 16.1. The van der Waals surface area contributed by atoms with E-state index in [4.69, 9.17) is 17.2 Å². The first-order valence-electron chi connectivity index (χ1n) is 3.66. The Kier molecular flexibility index (Phi) is 1.50. The minimum atomic E-state index is -0.674. The Labute approximate surface area is 77.5 Å². The van der Waals surface area contributed by atoms with E-state index in [9.17, 15) is 4.79 Å². The molecular formula is C6H7N7O. The molecule has 8 heteroatoms. The Hall–Kier alpha value is -2.38. The van der Waals surface area contributed by atoms with Crippen molar-refractivity contribution in [1.82, 2.24) is 20.2 Å². The van der Waals surface area contributed by atoms with Crippen LogP contribution in [0.1, 0.15) is 10.5 Å². The van der Waals surface area contributed by atoms with Gasteiger partial charge in [0.1, 0.15) is 11.5 Å². The first-order chi connectivity index (χ1) is 6.59. The van der Waals surface area contributed by atoms with Crippen molar-refractivity contribution in [3.63, 3.8) is 0 Å². The Morgan fingerprint density at radius 1 is 1.29 bits per heavy atom. The SMILES string of the molecule is NC(=O)c1[nH]nc2nc(N)nc(N)c12. The summed E-state index contributed by atoms with van der Waals surface area (Å²) in [4.78, 5) is 18.4. The number of nitrogen functional groups attached to an aromatic ring is 2. The average Bonchev–Trinajstić information content (AvgIpc) is 2.47. The molecule has 0 saturated heterocycles. The van der Waals surface area contributed by atoms with Crippen LogP contribution in [0.5, 0.6) is 0 Å². The van der Waals surface area contributed by atoms with Crippen LogP contribution in [0.15, 0.2) is 0 Å². The lowest BCUT2D eigenvalue weighted by atomic mass is 10.3. The zero-order valence-electron chi connectivity index (χ0n) is 6.98. The molecule has 0 fully saturated rings. The lowest BCUT2D eigenvalue weighted by molar-refractivity contribution is 0.0997. The number of aromatic amines is 1. The minimum absolute atomic E-state index is 0.00230. The molecule has 0 spiro atoms. The summed E-state index contributed by atoms with van der Waals surface area (Å²) < 4.78 is 0. The van der Waals surface area contributed by atoms with Gasteiger partial charge in [0.25, 0.3) is 5.91 Å². The van der Waals surface area contributed by atoms with Crippen LogP contribution >= 0.6 is 0 Å². The van der Waals surface area contributed by atoms with Crippen LogP contribution in [0.2, 0.25) is 0 Å². The van der Waals surface area contributed by atoms with E-state index in [1.54, 1.807) is 0 Å². The molecule has 0 aliphatic carbocycles. The standard InChI is InChI=1S/C6H7N7O/c7-3-1-2(4(8)14)12-13-5(1)11-6(9)10-3/h(H2,8,14)(H5,7,9,10,11,12,13). The van der Waals surface area contributed by atoms with Gasteiger partial charge >= 0.3 is 0 Å². The number of hydrogen-bond donors (Lipinski definition) is 4. The van der Waals surface area contributed by atoms with Crippen molar-refractivity contribution in [1.29, 1.82) is 0 Å². The number of nitrogens with zero attached hydrogens (tertiary/aromatic N) is 3. The molecule has 0 atom stereocenters. The molecule has 14 heavy (non-hydrogen) atoms. The number of carbonyl (C=O) groups is 1. The lowest BCUT2D eigenvalue weighted by Gasteiger charge is -1.96. The van der Waals surface area contributed by atoms with Crippen LogP contribution in [0.4, 0.5) is 11.8 Å². The van der Waals surface area contributed by atoms with Gasteiger partial charge in [-0.25, -0.2) is 0 Å². The first kappa shape index (κ1) is 8.23. The summed E-state index contributed by atoms with van der Waals surface area (Å²) in [7, 11) is 0. The number of nitrogens with one attached hydrogen (secondary N) is 1. The number of primary amides is 1. The number of amides is 1. The largest absolute Gasteiger partial charge is 0.383 e. The number of H-pyrrole nitrogens is 1. The zero-order chi connectivity index (χ0) is 10.3. The molecule has 0 aliphatic rings. The lowest BCUT2D eigenvalue weighted by Crippen LogP contribution is -2.12. The number of rotatable bonds is 1. The summed E-state index contributed by atoms with van der Waals surface area (Å²) in [6.07, 6.45) is 0. The van der Waals surface area contributed by atoms with E-state index in [2.05, 4.69) is 20.2 Å². The summed E-state index contributed by atoms with van der Waals surface area (Å²) in [6.45, 7) is 0. The Bertz CT molecular complexity index is 516. The number of anilines is 2. The molecule has 72 valence electrons. The fourth-order valence-corrected chi connectivity index (χ4v) is 1.15. The third-order valence-electron chi connectivity index (χ3n) is 1.71. The molecule has 1 amide bonds. The Morgan fingerprint density at radius 2 is 2.00 bits per heavy atom. The van der Waals surface area contributed by atoms with Gasteiger partial charge in [-0.1, -0.05) is 0 Å². The molecule has 0 unspecified atom stereocenters. The van der Waals surface area contributed by atoms with Gasteiger partial charge in [-0.15, -0.1) is 0 Å². The second-order valence-electron chi connectivity index (χ2n) is 2.63. The van der Waals surface area contributed by atoms with Gasteiger partial charge in [-0.2, -0.15) is 15.1 Å². The van der Waals surface area contributed by atoms with Gasteiger partial charge < -0.3 is 17.2 Å². The molecule has 0 saturated carbocycles. The average molecular weight is 193 g/mol. The van der Waals surface area contributed by atoms with Crippen LogP contribution in [0.25, 0.3) is 11.0 Å². The Morgan fingerprint density at radius 3 is 2.64 bits per heavy atom. The topological polar surface area (TPSA) is 150 Å². The fourth-order valence-electron chi connectivity index (χ4n) is 1.15. The van der Waals surface area contributed by atoms with Crippen LogP contribution in [-0.2, 0) is 0 Å². The molecule has 0 aromatic carbocycles. The maximum Gasteiger partial charge on any atom is 0.267 e. The summed E-state index contributed by atoms with van der Waals surface area (Å²) in [6, 6.07) is 0. The van der Waals surface area contributed by atoms with E-state index in [-0.39, 0.29) is 23.1 Å². The molecule has 0 radical (unpaired) electrons. The van der Waals surface area contributed by atoms with Gasteiger partial charge in [-0.05, 0) is 0 Å². The van der Waals surface area contributed by atoms with Crippen LogP contribution in [-0.4, -0.2) is 26.1 Å². The van der Waals surface area contributed by atoms with Crippen molar-refractivity contribution < 1.29 is 4.79 Å². The van der Waals surface area contributed by atoms with Crippen LogP contribution < -0.4 is 17.2 Å². The summed E-state index contributed by atoms with van der Waals surface area (Å²) in [5.74, 6) is -0.597. The van der Waals surface area contributed by atoms with E-state index in [0.717, 1.165) is 0 Å². The zero-order valence-corrected chi connectivity index (χ0v) is 6.98. The maximum absolute atomic E-state index is 10.9. The smallest absolute Gasteiger partial charge is 0.267 e. The summed E-state index contributed by atoms with van der Waals surface area (Å²) in [5.41, 5.74) is 16.3. The second kappa shape index (κ2) is 2.55. The van der Waals surface area contributed by atoms with E-state index in [0.29, 0.717) is 5.39 Å². The summed E-state index contributed by atoms with van der Waals surface area (Å²) in [5, 5.41) is 6.44. The predicted octanol–water partition coefficient (Wildman–Crippen LogP) is -1.38. The van der Waals surface area contributed by atoms with Crippen molar-refractivity contribution in [3.8, 4) is 0 Å². The number of fused-ring (bicyclic) bond motifs is 1. The first-order valence-corrected chi connectivity index (χ1v) is 3.66. The fraction of sp³-hybridized carbons (Fsp3) is 0. The quantitative estimate of drug-likeness (QED) is 0.438. The normalized spacial score (nSPS) is 10.6. The third-order valence-corrected chi connectivity index (χ3v) is 1.71. The summed E-state index contributed by atoms with van der Waals surface area (Å²) >= 11 is 0. The Balaban J connectivity index is 2.85. The molecule has 0 aliphatic heterocycles. The molecule has 2 rings (SSSR count). The monoisotopic (exact) mass is 193 g/mol. The van der Waals surface area contributed by atoms with Crippen LogP contribution in [0.3, 0.4) is 0 Å². The van der Waals surface area contributed by atoms with Gasteiger partial charge in [-0.3, -0.25) is 9.89 Å². The molecule has 8 nitrogen and oxygen atoms in total. The van der Waals surface area contributed by atoms with E-state index < -0.39 is 5.91 Å². The van der Waals surface area contributed by atoms with Crippen molar-refractivity contribution in [2.45, 2.75) is 0 Å². The number of nitrogens with two attached hydrogens (primary N) is 3. The van der Waals surface area contributed by atoms with E-state index in [1.807, 2.05) is 0 Å². The number of aromatic nitrogens is 4. The van der Waals surface area contributed by atoms with Crippen molar-refractivity contribution in [2.75, 3.05) is 11.5 Å². The second-order valence-corrected chi connectivity index (χ2v) is 2.63. The van der Waals surface area contributed by atoms with Crippen LogP contribution in [0, 0.1) is 0 Å². The molecular weight excluding hydrogens is 186 g/mol. The van der Waals surface area contributed by atoms with E-state index >= 15 is 0 Å². The number of hydrogen-bond acceptors (Lipinski definition) is 6. The molecule has 2 aromatic rings. The number of carbonyl (C=O) groups excluding carboxylic acids is 1. The highest BCUT2D eigenvalue weighted by molar-refractivity contribution is 6.06. The third kappa shape index (κ3) is 1.01. The predicted molar refractivity (Wildman–Crippen MR) is 49.0 cm³/mol. The molecule has 0 bridgehead atoms. The van der Waals surface area contributed by atoms with Gasteiger partial charge in [0.2, 0.25) is 5.95 Å². The highest BCUT2D eigenvalue weighted by Crippen LogP contribution is 2.19. The molecule has 7 N–H and O–H groups in total. The van der Waals surface area contributed by atoms with E-state index in [1.165, 1.54) is 0 Å². The van der Waals surface area contributed by atoms with Gasteiger partial charge in [0, 0.05) is 0 Å². The minimum Gasteiger partial charge on any atom is -0.383 e. The van der Waals surface area contributed by atoms with Gasteiger partial charge in [0.15, 0.2) is 5.65 Å². The maximum atomic E-state index is 10.9. The van der Waals surface area contributed by atoms with Crippen molar-refractivity contribution >= 4 is 28.7 Å². The van der Waals surface area contributed by atoms with Crippen molar-refractivity contribution in [3.05, 3.63) is 5.69 Å². The highest BCUT2D eigenvalue weighted by Gasteiger charge is 2.15. The van der Waals surface area contributed by atoms with Crippen molar-refractivity contribution in [2.24, 2.45) is 5.73 Å². The molecule has 2 aromatic heterocycles. The van der Waals surface area contributed by atoms with Gasteiger partial charge in [0.05, 0.1) is 5.39 Å². The molecule has 2 heterocycles.